The number of nitrogens with two attached hydrogens (primary N) is 1. The number of hydrogen-bond acceptors (Lipinski definition) is 3. The van der Waals surface area contributed by atoms with Crippen LogP contribution in [-0.4, -0.2) is 20.4 Å². The predicted molar refractivity (Wildman–Crippen MR) is 62.8 cm³/mol. The van der Waals surface area contributed by atoms with Gasteiger partial charge < -0.3 is 5.73 Å². The first-order valence-electron chi connectivity index (χ1n) is 4.59. The van der Waals surface area contributed by atoms with Gasteiger partial charge in [-0.3, -0.25) is 0 Å². The number of rotatable bonds is 3. The third kappa shape index (κ3) is 3.43. The number of hydrogen-bond donors (Lipinski definition) is 1. The highest BCUT2D eigenvalue weighted by Gasteiger charge is 2.17. The van der Waals surface area contributed by atoms with Crippen molar-refractivity contribution in [3.8, 4) is 0 Å². The van der Waals surface area contributed by atoms with Crippen LogP contribution in [0.15, 0.2) is 12.1 Å². The standard InChI is InChI=1S/C10H13ClFNO2S/c1-6-3-7(8(11)4-9(6)12)10(13)5-16(2,14)15/h3-4,10H,5,13H2,1-2H3. The zero-order valence-electron chi connectivity index (χ0n) is 9.00. The first-order valence-corrected chi connectivity index (χ1v) is 7.03. The number of aryl methyl sites for hydroxylation is 1. The van der Waals surface area contributed by atoms with Crippen molar-refractivity contribution in [1.29, 1.82) is 0 Å². The summed E-state index contributed by atoms with van der Waals surface area (Å²) in [5.41, 5.74) is 6.56. The van der Waals surface area contributed by atoms with Gasteiger partial charge in [0.15, 0.2) is 0 Å². The molecule has 0 spiro atoms. The van der Waals surface area contributed by atoms with E-state index in [1.165, 1.54) is 6.07 Å². The molecule has 0 aromatic heterocycles. The topological polar surface area (TPSA) is 60.2 Å². The summed E-state index contributed by atoms with van der Waals surface area (Å²) >= 11 is 5.81. The molecule has 16 heavy (non-hydrogen) atoms. The van der Waals surface area contributed by atoms with Crippen molar-refractivity contribution in [3.63, 3.8) is 0 Å². The molecule has 1 aromatic rings. The summed E-state index contributed by atoms with van der Waals surface area (Å²) in [6, 6.07) is 1.89. The van der Waals surface area contributed by atoms with Crippen LogP contribution in [0.25, 0.3) is 0 Å². The third-order valence-electron chi connectivity index (χ3n) is 2.16. The van der Waals surface area contributed by atoms with Crippen LogP contribution in [0, 0.1) is 12.7 Å². The second kappa shape index (κ2) is 4.69. The fourth-order valence-corrected chi connectivity index (χ4v) is 2.50. The van der Waals surface area contributed by atoms with Crippen molar-refractivity contribution in [2.75, 3.05) is 12.0 Å². The van der Waals surface area contributed by atoms with E-state index in [0.29, 0.717) is 11.1 Å². The Morgan fingerprint density at radius 2 is 2.06 bits per heavy atom. The molecule has 1 rings (SSSR count). The molecule has 6 heteroatoms. The van der Waals surface area contributed by atoms with Gasteiger partial charge in [-0.25, -0.2) is 12.8 Å². The summed E-state index contributed by atoms with van der Waals surface area (Å²) < 4.78 is 35.3. The average Bonchev–Trinajstić information content (AvgIpc) is 2.08. The minimum Gasteiger partial charge on any atom is -0.323 e. The summed E-state index contributed by atoms with van der Waals surface area (Å²) in [4.78, 5) is 0. The summed E-state index contributed by atoms with van der Waals surface area (Å²) in [7, 11) is -3.19. The maximum Gasteiger partial charge on any atom is 0.149 e. The van der Waals surface area contributed by atoms with Crippen LogP contribution >= 0.6 is 11.6 Å². The van der Waals surface area contributed by atoms with Crippen molar-refractivity contribution in [2.45, 2.75) is 13.0 Å². The molecule has 90 valence electrons. The van der Waals surface area contributed by atoms with Crippen LogP contribution < -0.4 is 5.73 Å². The van der Waals surface area contributed by atoms with Gasteiger partial charge in [-0.15, -0.1) is 0 Å². The van der Waals surface area contributed by atoms with Gasteiger partial charge in [0.25, 0.3) is 0 Å². The van der Waals surface area contributed by atoms with Crippen molar-refractivity contribution in [1.82, 2.24) is 0 Å². The highest BCUT2D eigenvalue weighted by atomic mass is 35.5. The highest BCUT2D eigenvalue weighted by molar-refractivity contribution is 7.90. The predicted octanol–water partition coefficient (Wildman–Crippen LogP) is 1.83. The molecule has 0 saturated heterocycles. The van der Waals surface area contributed by atoms with Gasteiger partial charge >= 0.3 is 0 Å². The van der Waals surface area contributed by atoms with Gasteiger partial charge in [-0.1, -0.05) is 17.7 Å². The van der Waals surface area contributed by atoms with E-state index in [4.69, 9.17) is 17.3 Å². The van der Waals surface area contributed by atoms with E-state index in [1.807, 2.05) is 0 Å². The Labute approximate surface area is 99.3 Å². The lowest BCUT2D eigenvalue weighted by Crippen LogP contribution is -2.21. The van der Waals surface area contributed by atoms with E-state index >= 15 is 0 Å². The second-order valence-electron chi connectivity index (χ2n) is 3.82. The average molecular weight is 266 g/mol. The molecule has 1 unspecified atom stereocenters. The second-order valence-corrected chi connectivity index (χ2v) is 6.41. The molecular formula is C10H13ClFNO2S. The Morgan fingerprint density at radius 1 is 1.50 bits per heavy atom. The van der Waals surface area contributed by atoms with Crippen molar-refractivity contribution >= 4 is 21.4 Å². The van der Waals surface area contributed by atoms with Gasteiger partial charge in [0, 0.05) is 17.3 Å². The lowest BCUT2D eigenvalue weighted by Gasteiger charge is -2.13. The van der Waals surface area contributed by atoms with Crippen LogP contribution in [0.5, 0.6) is 0 Å². The largest absolute Gasteiger partial charge is 0.323 e. The van der Waals surface area contributed by atoms with Crippen LogP contribution in [0.4, 0.5) is 4.39 Å². The minimum absolute atomic E-state index is 0.152. The summed E-state index contributed by atoms with van der Waals surface area (Å²) in [5.74, 6) is -0.641. The van der Waals surface area contributed by atoms with Crippen LogP contribution in [0.1, 0.15) is 17.2 Å². The lowest BCUT2D eigenvalue weighted by atomic mass is 10.1. The molecule has 0 saturated carbocycles. The third-order valence-corrected chi connectivity index (χ3v) is 3.45. The van der Waals surface area contributed by atoms with Gasteiger partial charge in [-0.2, -0.15) is 0 Å². The SMILES string of the molecule is Cc1cc(C(N)CS(C)(=O)=O)c(Cl)cc1F. The lowest BCUT2D eigenvalue weighted by molar-refractivity contribution is 0.594. The summed E-state index contributed by atoms with van der Waals surface area (Å²) in [6.07, 6.45) is 1.09. The molecular weight excluding hydrogens is 253 g/mol. The Kier molecular flexibility index (Phi) is 3.93. The fourth-order valence-electron chi connectivity index (χ4n) is 1.38. The first-order chi connectivity index (χ1) is 7.20. The van der Waals surface area contributed by atoms with Crippen molar-refractivity contribution in [2.24, 2.45) is 5.73 Å². The Hall–Kier alpha value is -0.650. The monoisotopic (exact) mass is 265 g/mol. The normalized spacial score (nSPS) is 13.8. The van der Waals surface area contributed by atoms with Gasteiger partial charge in [0.2, 0.25) is 0 Å². The highest BCUT2D eigenvalue weighted by Crippen LogP contribution is 2.25. The molecule has 0 radical (unpaired) electrons. The molecule has 0 bridgehead atoms. The van der Waals surface area contributed by atoms with Crippen LogP contribution in [-0.2, 0) is 9.84 Å². The Bertz CT molecular complexity index is 502. The molecule has 0 aliphatic heterocycles. The first kappa shape index (κ1) is 13.4. The molecule has 0 aliphatic carbocycles. The van der Waals surface area contributed by atoms with Gasteiger partial charge in [0.1, 0.15) is 15.7 Å². The van der Waals surface area contributed by atoms with Gasteiger partial charge in [0.05, 0.1) is 5.75 Å². The molecule has 0 heterocycles. The number of benzene rings is 1. The number of halogens is 2. The zero-order chi connectivity index (χ0) is 12.5. The quantitative estimate of drug-likeness (QED) is 0.907. The fraction of sp³-hybridized carbons (Fsp3) is 0.400. The maximum atomic E-state index is 13.1. The summed E-state index contributed by atoms with van der Waals surface area (Å²) in [6.45, 7) is 1.57. The smallest absolute Gasteiger partial charge is 0.149 e. The van der Waals surface area contributed by atoms with Crippen LogP contribution in [0.3, 0.4) is 0 Å². The van der Waals surface area contributed by atoms with Gasteiger partial charge in [-0.05, 0) is 24.1 Å². The molecule has 1 aromatic carbocycles. The zero-order valence-corrected chi connectivity index (χ0v) is 10.6. The number of sulfone groups is 1. The Morgan fingerprint density at radius 3 is 2.56 bits per heavy atom. The van der Waals surface area contributed by atoms with E-state index in [1.54, 1.807) is 6.92 Å². The van der Waals surface area contributed by atoms with E-state index in [0.717, 1.165) is 12.3 Å². The maximum absolute atomic E-state index is 13.1. The molecule has 1 atom stereocenters. The molecule has 0 fully saturated rings. The van der Waals surface area contributed by atoms with Crippen molar-refractivity contribution < 1.29 is 12.8 Å². The van der Waals surface area contributed by atoms with Crippen LogP contribution in [0.2, 0.25) is 5.02 Å². The van der Waals surface area contributed by atoms with E-state index in [9.17, 15) is 12.8 Å². The Balaban J connectivity index is 3.09. The summed E-state index contributed by atoms with van der Waals surface area (Å²) in [5, 5.41) is 0.152. The van der Waals surface area contributed by atoms with E-state index in [-0.39, 0.29) is 10.8 Å². The van der Waals surface area contributed by atoms with E-state index < -0.39 is 21.7 Å². The van der Waals surface area contributed by atoms with Crippen molar-refractivity contribution in [3.05, 3.63) is 34.1 Å². The molecule has 0 amide bonds. The van der Waals surface area contributed by atoms with E-state index in [2.05, 4.69) is 0 Å². The molecule has 0 aliphatic rings. The molecule has 2 N–H and O–H groups in total. The molecule has 3 nitrogen and oxygen atoms in total. The minimum atomic E-state index is -3.19.